The average molecular weight is 337 g/mol. The molecule has 3 aromatic rings. The molecule has 1 aromatic heterocycles. The van der Waals surface area contributed by atoms with Crippen LogP contribution < -0.4 is 4.74 Å². The third kappa shape index (κ3) is 2.59. The second-order valence-electron chi connectivity index (χ2n) is 5.49. The molecule has 0 bridgehead atoms. The first-order valence-corrected chi connectivity index (χ1v) is 8.49. The lowest BCUT2D eigenvalue weighted by Gasteiger charge is -2.22. The van der Waals surface area contributed by atoms with Gasteiger partial charge in [0.2, 0.25) is 5.91 Å². The Bertz CT molecular complexity index is 875. The van der Waals surface area contributed by atoms with Gasteiger partial charge in [0.15, 0.2) is 11.0 Å². The Balaban J connectivity index is 1.68. The van der Waals surface area contributed by atoms with Crippen molar-refractivity contribution < 1.29 is 9.53 Å². The number of methoxy groups -OCH3 is 1. The summed E-state index contributed by atoms with van der Waals surface area (Å²) in [5.74, 6) is 1.37. The van der Waals surface area contributed by atoms with Crippen LogP contribution in [0, 0.1) is 0 Å². The summed E-state index contributed by atoms with van der Waals surface area (Å²) < 4.78 is 6.79. The van der Waals surface area contributed by atoms with E-state index in [0.717, 1.165) is 16.9 Å². The first-order chi connectivity index (χ1) is 11.8. The molecule has 0 unspecified atom stereocenters. The fraction of sp³-hybridized carbons (Fsp3) is 0.167. The molecule has 1 aliphatic rings. The van der Waals surface area contributed by atoms with Gasteiger partial charge >= 0.3 is 0 Å². The van der Waals surface area contributed by atoms with Crippen LogP contribution in [-0.2, 0) is 0 Å². The van der Waals surface area contributed by atoms with Gasteiger partial charge in [0.25, 0.3) is 0 Å². The quantitative estimate of drug-likeness (QED) is 0.727. The van der Waals surface area contributed by atoms with Gasteiger partial charge in [0.05, 0.1) is 7.11 Å². The van der Waals surface area contributed by atoms with Crippen molar-refractivity contribution in [3.63, 3.8) is 0 Å². The summed E-state index contributed by atoms with van der Waals surface area (Å²) in [6, 6.07) is 17.5. The van der Waals surface area contributed by atoms with E-state index in [1.54, 1.807) is 23.4 Å². The third-order valence-electron chi connectivity index (χ3n) is 4.01. The smallest absolute Gasteiger partial charge is 0.235 e. The maximum absolute atomic E-state index is 12.7. The highest BCUT2D eigenvalue weighted by Crippen LogP contribution is 2.42. The minimum Gasteiger partial charge on any atom is -0.497 e. The number of ether oxygens (including phenoxy) is 1. The lowest BCUT2D eigenvalue weighted by Crippen LogP contribution is -2.20. The van der Waals surface area contributed by atoms with E-state index in [4.69, 9.17) is 4.74 Å². The van der Waals surface area contributed by atoms with Crippen LogP contribution in [0.3, 0.4) is 0 Å². The summed E-state index contributed by atoms with van der Waals surface area (Å²) in [6.45, 7) is 0. The van der Waals surface area contributed by atoms with Gasteiger partial charge in [-0.2, -0.15) is 0 Å². The van der Waals surface area contributed by atoms with Crippen LogP contribution >= 0.6 is 11.8 Å². The zero-order valence-corrected chi connectivity index (χ0v) is 13.9. The molecule has 0 radical (unpaired) electrons. The molecule has 1 aliphatic heterocycles. The first kappa shape index (κ1) is 15.0. The predicted octanol–water partition coefficient (Wildman–Crippen LogP) is 3.83. The molecule has 0 saturated heterocycles. The summed E-state index contributed by atoms with van der Waals surface area (Å²) >= 11 is 1.58. The number of aromatic nitrogens is 3. The summed E-state index contributed by atoms with van der Waals surface area (Å²) in [5, 5.41) is 9.19. The van der Waals surface area contributed by atoms with E-state index in [0.29, 0.717) is 17.4 Å². The van der Waals surface area contributed by atoms with E-state index in [2.05, 4.69) is 10.2 Å². The van der Waals surface area contributed by atoms with E-state index >= 15 is 0 Å². The zero-order valence-electron chi connectivity index (χ0n) is 13.0. The number of thioether (sulfide) groups is 1. The molecule has 0 saturated carbocycles. The first-order valence-electron chi connectivity index (χ1n) is 7.61. The van der Waals surface area contributed by atoms with Gasteiger partial charge in [-0.1, -0.05) is 42.1 Å². The predicted molar refractivity (Wildman–Crippen MR) is 92.3 cm³/mol. The molecule has 6 heteroatoms. The van der Waals surface area contributed by atoms with Gasteiger partial charge in [0, 0.05) is 17.2 Å². The molecule has 0 aliphatic carbocycles. The molecule has 0 amide bonds. The number of rotatable bonds is 3. The van der Waals surface area contributed by atoms with E-state index in [9.17, 15) is 4.79 Å². The zero-order chi connectivity index (χ0) is 16.5. The summed E-state index contributed by atoms with van der Waals surface area (Å²) in [5.41, 5.74) is 1.98. The molecule has 24 heavy (non-hydrogen) atoms. The van der Waals surface area contributed by atoms with Gasteiger partial charge in [-0.05, 0) is 29.8 Å². The van der Waals surface area contributed by atoms with Crippen molar-refractivity contribution in [3.05, 3.63) is 60.2 Å². The van der Waals surface area contributed by atoms with E-state index in [1.165, 1.54) is 0 Å². The monoisotopic (exact) mass is 337 g/mol. The molecule has 120 valence electrons. The number of hydrogen-bond donors (Lipinski definition) is 0. The second-order valence-corrected chi connectivity index (χ2v) is 6.66. The summed E-state index contributed by atoms with van der Waals surface area (Å²) in [6.07, 6.45) is 0.433. The van der Waals surface area contributed by atoms with Crippen molar-refractivity contribution in [2.75, 3.05) is 7.11 Å². The lowest BCUT2D eigenvalue weighted by molar-refractivity contribution is 0.0888. The van der Waals surface area contributed by atoms with Crippen LogP contribution in [0.25, 0.3) is 11.4 Å². The third-order valence-corrected chi connectivity index (χ3v) is 5.21. The SMILES string of the molecule is COc1ccc(-c2nnc3n2C(=O)C[C@@H](c2ccccc2)S3)cc1. The van der Waals surface area contributed by atoms with Gasteiger partial charge in [-0.3, -0.25) is 4.79 Å². The van der Waals surface area contributed by atoms with Crippen LogP contribution in [-0.4, -0.2) is 27.8 Å². The van der Waals surface area contributed by atoms with E-state index in [1.807, 2.05) is 54.6 Å². The van der Waals surface area contributed by atoms with E-state index < -0.39 is 0 Å². The number of fused-ring (bicyclic) bond motifs is 1. The Morgan fingerprint density at radius 2 is 1.83 bits per heavy atom. The van der Waals surface area contributed by atoms with Gasteiger partial charge in [-0.25, -0.2) is 4.57 Å². The van der Waals surface area contributed by atoms with Crippen molar-refractivity contribution >= 4 is 17.7 Å². The molecule has 1 atom stereocenters. The fourth-order valence-electron chi connectivity index (χ4n) is 2.77. The highest BCUT2D eigenvalue weighted by atomic mass is 32.2. The highest BCUT2D eigenvalue weighted by molar-refractivity contribution is 7.99. The van der Waals surface area contributed by atoms with Crippen LogP contribution in [0.15, 0.2) is 59.8 Å². The lowest BCUT2D eigenvalue weighted by atomic mass is 10.1. The molecule has 4 rings (SSSR count). The molecule has 0 N–H and O–H groups in total. The number of hydrogen-bond acceptors (Lipinski definition) is 5. The normalized spacial score (nSPS) is 16.7. The van der Waals surface area contributed by atoms with Crippen LogP contribution in [0.2, 0.25) is 0 Å². The van der Waals surface area contributed by atoms with Gasteiger partial charge in [-0.15, -0.1) is 10.2 Å². The Labute approximate surface area is 143 Å². The Hall–Kier alpha value is -2.60. The van der Waals surface area contributed by atoms with Crippen LogP contribution in [0.1, 0.15) is 22.0 Å². The molecule has 0 fully saturated rings. The molecule has 5 nitrogen and oxygen atoms in total. The number of carbonyl (C=O) groups excluding carboxylic acids is 1. The maximum atomic E-state index is 12.7. The Morgan fingerprint density at radius 1 is 1.08 bits per heavy atom. The second kappa shape index (κ2) is 6.13. The largest absolute Gasteiger partial charge is 0.497 e. The minimum absolute atomic E-state index is 0.0217. The standard InChI is InChI=1S/C18H15N3O2S/c1-23-14-9-7-13(8-10-14)17-19-20-18-21(17)16(22)11-15(24-18)12-5-3-2-4-6-12/h2-10,15H,11H2,1H3/t15-/m0/s1. The van der Waals surface area contributed by atoms with Gasteiger partial charge < -0.3 is 4.74 Å². The molecule has 0 spiro atoms. The van der Waals surface area contributed by atoms with Crippen molar-refractivity contribution in [2.45, 2.75) is 16.8 Å². The van der Waals surface area contributed by atoms with Crippen molar-refractivity contribution in [2.24, 2.45) is 0 Å². The van der Waals surface area contributed by atoms with Crippen molar-refractivity contribution in [1.82, 2.24) is 14.8 Å². The number of benzene rings is 2. The Morgan fingerprint density at radius 3 is 2.54 bits per heavy atom. The topological polar surface area (TPSA) is 57.0 Å². The molecule has 2 heterocycles. The highest BCUT2D eigenvalue weighted by Gasteiger charge is 2.31. The molecule has 2 aromatic carbocycles. The summed E-state index contributed by atoms with van der Waals surface area (Å²) in [7, 11) is 1.62. The number of carbonyl (C=O) groups is 1. The average Bonchev–Trinajstić information content (AvgIpc) is 3.07. The summed E-state index contributed by atoms with van der Waals surface area (Å²) in [4.78, 5) is 12.7. The maximum Gasteiger partial charge on any atom is 0.235 e. The van der Waals surface area contributed by atoms with Gasteiger partial charge in [0.1, 0.15) is 5.75 Å². The minimum atomic E-state index is 0.0217. The Kier molecular flexibility index (Phi) is 3.82. The number of nitrogens with zero attached hydrogens (tertiary/aromatic N) is 3. The van der Waals surface area contributed by atoms with E-state index in [-0.39, 0.29) is 11.2 Å². The van der Waals surface area contributed by atoms with Crippen molar-refractivity contribution in [3.8, 4) is 17.1 Å². The molecular formula is C18H15N3O2S. The molecular weight excluding hydrogens is 322 g/mol. The van der Waals surface area contributed by atoms with Crippen LogP contribution in [0.5, 0.6) is 5.75 Å². The van der Waals surface area contributed by atoms with Crippen molar-refractivity contribution in [1.29, 1.82) is 0 Å². The fourth-order valence-corrected chi connectivity index (χ4v) is 3.93. The van der Waals surface area contributed by atoms with Crippen LogP contribution in [0.4, 0.5) is 0 Å².